The molecule has 2 aliphatic rings. The Morgan fingerprint density at radius 1 is 0.644 bits per heavy atom. The second-order valence-electron chi connectivity index (χ2n) is 18.5. The van der Waals surface area contributed by atoms with Crippen molar-refractivity contribution in [1.82, 2.24) is 14.8 Å². The fraction of sp³-hybridized carbons (Fsp3) is 0.339. The summed E-state index contributed by atoms with van der Waals surface area (Å²) in [5.41, 5.74) is 9.10. The highest BCUT2D eigenvalue weighted by molar-refractivity contribution is 6.33. The standard InChI is InChI=1S/C29H33ClN2O5.C27H31ClN4O4/c1-29(35,23-10-8-22(9-11-23)28(34)36-2)20-31-14-15-32(27(19-31)21-6-4-3-5-7-21)26-13-12-24(18-25(26)30)37-17-16-33;1-27(35,20-7-9-23(26(29)34)30-16-20)18-31-11-12-32(25(17-31)19-5-3-2-4-6-19)24-10-8-21(15-22(24)28)36-14-13-33/h3-13,18,27,33,35H,14-17,19-20H2,1-2H3;2-10,15-16,25,33,35H,11-14,17-18H2,1H3,(H2,29,34)/t27-,29+;25-,27+/m00/s1. The number of ether oxygens (including phenoxy) is 3. The van der Waals surface area contributed by atoms with Crippen LogP contribution in [0.15, 0.2) is 140 Å². The van der Waals surface area contributed by atoms with Gasteiger partial charge in [0.05, 0.1) is 65.0 Å². The molecule has 0 unspecified atom stereocenters. The first-order chi connectivity index (χ1) is 35.1. The minimum absolute atomic E-state index is 0.00724. The molecule has 6 aromatic rings. The minimum Gasteiger partial charge on any atom is -0.491 e. The first kappa shape index (κ1) is 54.5. The molecule has 73 heavy (non-hydrogen) atoms. The van der Waals surface area contributed by atoms with E-state index in [1.807, 2.05) is 60.7 Å². The van der Waals surface area contributed by atoms with Crippen LogP contribution in [0.4, 0.5) is 11.4 Å². The van der Waals surface area contributed by atoms with Gasteiger partial charge in [0, 0.05) is 76.3 Å². The number of piperazine rings is 2. The summed E-state index contributed by atoms with van der Waals surface area (Å²) in [5.74, 6) is 0.223. The number of methoxy groups -OCH3 is 1. The number of anilines is 2. The van der Waals surface area contributed by atoms with Gasteiger partial charge < -0.3 is 50.2 Å². The monoisotopic (exact) mass is 1030 g/mol. The number of hydrogen-bond donors (Lipinski definition) is 5. The molecule has 0 radical (unpaired) electrons. The van der Waals surface area contributed by atoms with Gasteiger partial charge in [-0.1, -0.05) is 102 Å². The number of β-amino-alcohol motifs (C(OH)–C–C–N with tert-alkyl or cyclic N) is 2. The van der Waals surface area contributed by atoms with Gasteiger partial charge in [-0.2, -0.15) is 0 Å². The average molecular weight is 1040 g/mol. The molecule has 2 aliphatic heterocycles. The van der Waals surface area contributed by atoms with Gasteiger partial charge in [-0.3, -0.25) is 19.6 Å². The molecule has 6 N–H and O–H groups in total. The number of amides is 1. The van der Waals surface area contributed by atoms with E-state index in [4.69, 9.17) is 53.4 Å². The molecule has 15 nitrogen and oxygen atoms in total. The number of carbonyl (C=O) groups excluding carboxylic acids is 2. The summed E-state index contributed by atoms with van der Waals surface area (Å²) in [5, 5.41) is 41.9. The predicted molar refractivity (Wildman–Crippen MR) is 284 cm³/mol. The average Bonchev–Trinajstić information content (AvgIpc) is 3.40. The van der Waals surface area contributed by atoms with E-state index in [0.29, 0.717) is 78.5 Å². The van der Waals surface area contributed by atoms with E-state index in [1.54, 1.807) is 56.3 Å². The number of aliphatic hydroxyl groups excluding tert-OH is 2. The highest BCUT2D eigenvalue weighted by Gasteiger charge is 2.36. The van der Waals surface area contributed by atoms with Crippen LogP contribution in [0.1, 0.15) is 69.0 Å². The topological polar surface area (TPSA) is 195 Å². The molecule has 3 heterocycles. The molecule has 2 fully saturated rings. The number of pyridine rings is 1. The Labute approximate surface area is 436 Å². The number of aliphatic hydroxyl groups is 4. The molecule has 17 heteroatoms. The largest absolute Gasteiger partial charge is 0.491 e. The minimum atomic E-state index is -1.17. The van der Waals surface area contributed by atoms with Crippen molar-refractivity contribution in [1.29, 1.82) is 0 Å². The van der Waals surface area contributed by atoms with E-state index >= 15 is 0 Å². The van der Waals surface area contributed by atoms with E-state index in [0.717, 1.165) is 34.6 Å². The van der Waals surface area contributed by atoms with Crippen LogP contribution in [0.3, 0.4) is 0 Å². The van der Waals surface area contributed by atoms with E-state index in [-0.39, 0.29) is 44.2 Å². The van der Waals surface area contributed by atoms with Gasteiger partial charge in [-0.05, 0) is 73.0 Å². The zero-order valence-electron chi connectivity index (χ0n) is 41.3. The van der Waals surface area contributed by atoms with Crippen LogP contribution < -0.4 is 25.0 Å². The number of esters is 1. The number of halogens is 2. The lowest BCUT2D eigenvalue weighted by molar-refractivity contribution is 0.00976. The lowest BCUT2D eigenvalue weighted by Gasteiger charge is -2.45. The smallest absolute Gasteiger partial charge is 0.337 e. The number of primary amides is 1. The zero-order valence-corrected chi connectivity index (χ0v) is 42.8. The predicted octanol–water partition coefficient (Wildman–Crippen LogP) is 7.24. The van der Waals surface area contributed by atoms with Crippen molar-refractivity contribution in [3.05, 3.63) is 183 Å². The van der Waals surface area contributed by atoms with Gasteiger partial charge in [-0.25, -0.2) is 4.79 Å². The van der Waals surface area contributed by atoms with E-state index < -0.39 is 23.1 Å². The lowest BCUT2D eigenvalue weighted by Crippen LogP contribution is -2.52. The van der Waals surface area contributed by atoms with Gasteiger partial charge in [0.15, 0.2) is 0 Å². The Morgan fingerprint density at radius 3 is 1.49 bits per heavy atom. The van der Waals surface area contributed by atoms with Crippen molar-refractivity contribution < 1.29 is 44.2 Å². The Bertz CT molecular complexity index is 2740. The van der Waals surface area contributed by atoms with E-state index in [9.17, 15) is 19.8 Å². The third-order valence-corrected chi connectivity index (χ3v) is 13.7. The van der Waals surface area contributed by atoms with Crippen LogP contribution in [0, 0.1) is 0 Å². The molecular formula is C56H64Cl2N6O9. The number of rotatable bonds is 18. The Balaban J connectivity index is 0.000000214. The number of benzene rings is 5. The van der Waals surface area contributed by atoms with Crippen molar-refractivity contribution in [2.24, 2.45) is 5.73 Å². The number of carbonyl (C=O) groups is 2. The van der Waals surface area contributed by atoms with Crippen molar-refractivity contribution in [3.63, 3.8) is 0 Å². The van der Waals surface area contributed by atoms with E-state index in [1.165, 1.54) is 19.4 Å². The van der Waals surface area contributed by atoms with Gasteiger partial charge in [-0.15, -0.1) is 0 Å². The Kier molecular flexibility index (Phi) is 18.7. The molecule has 1 aromatic heterocycles. The first-order valence-electron chi connectivity index (χ1n) is 24.1. The van der Waals surface area contributed by atoms with E-state index in [2.05, 4.69) is 48.8 Å². The second kappa shape index (κ2) is 25.1. The fourth-order valence-corrected chi connectivity index (χ4v) is 9.96. The molecule has 5 aromatic carbocycles. The summed E-state index contributed by atoms with van der Waals surface area (Å²) in [4.78, 5) is 36.3. The summed E-state index contributed by atoms with van der Waals surface area (Å²) >= 11 is 13.4. The van der Waals surface area contributed by atoms with Gasteiger partial charge >= 0.3 is 5.97 Å². The van der Waals surface area contributed by atoms with Crippen molar-refractivity contribution >= 4 is 46.5 Å². The van der Waals surface area contributed by atoms with Crippen molar-refractivity contribution in [3.8, 4) is 11.5 Å². The second-order valence-corrected chi connectivity index (χ2v) is 19.3. The fourth-order valence-electron chi connectivity index (χ4n) is 9.41. The molecule has 0 spiro atoms. The van der Waals surface area contributed by atoms with Gasteiger partial charge in [0.2, 0.25) is 0 Å². The maximum atomic E-state index is 11.8. The molecule has 8 rings (SSSR count). The van der Waals surface area contributed by atoms with Gasteiger partial charge in [0.1, 0.15) is 36.0 Å². The lowest BCUT2D eigenvalue weighted by atomic mass is 9.93. The quantitative estimate of drug-likeness (QED) is 0.0541. The molecule has 1 amide bonds. The van der Waals surface area contributed by atoms with Crippen LogP contribution in [-0.2, 0) is 15.9 Å². The SMILES string of the molecule is COC(=O)c1ccc([C@](C)(O)CN2CCN(c3ccc(OCCO)cc3Cl)[C@H](c3ccccc3)C2)cc1.C[C@@](O)(CN1CCN(c2ccc(OCCO)cc2Cl)[C@H](c2ccccc2)C1)c1ccc(C(N)=O)nc1. The Morgan fingerprint density at radius 2 is 1.10 bits per heavy atom. The van der Waals surface area contributed by atoms with Crippen LogP contribution in [0.5, 0.6) is 11.5 Å². The third-order valence-electron chi connectivity index (χ3n) is 13.1. The van der Waals surface area contributed by atoms with Gasteiger partial charge in [0.25, 0.3) is 5.91 Å². The highest BCUT2D eigenvalue weighted by atomic mass is 35.5. The summed E-state index contributed by atoms with van der Waals surface area (Å²) in [6.07, 6.45) is 1.51. The van der Waals surface area contributed by atoms with Crippen LogP contribution in [0.25, 0.3) is 0 Å². The normalized spacial score (nSPS) is 17.9. The summed E-state index contributed by atoms with van der Waals surface area (Å²) in [6.45, 7) is 8.91. The number of nitrogens with two attached hydrogens (primary N) is 1. The molecule has 4 atom stereocenters. The zero-order chi connectivity index (χ0) is 52.1. The number of nitrogens with zero attached hydrogens (tertiary/aromatic N) is 5. The Hall–Kier alpha value is -6.27. The molecule has 2 saturated heterocycles. The molecule has 0 saturated carbocycles. The summed E-state index contributed by atoms with van der Waals surface area (Å²) in [7, 11) is 1.35. The van der Waals surface area contributed by atoms with Crippen molar-refractivity contribution in [2.75, 3.05) is 95.7 Å². The van der Waals surface area contributed by atoms with Crippen LogP contribution >= 0.6 is 23.2 Å². The van der Waals surface area contributed by atoms with Crippen molar-refractivity contribution in [2.45, 2.75) is 37.1 Å². The molecule has 0 bridgehead atoms. The maximum Gasteiger partial charge on any atom is 0.337 e. The first-order valence-corrected chi connectivity index (χ1v) is 24.9. The summed E-state index contributed by atoms with van der Waals surface area (Å²) in [6, 6.07) is 41.8. The third kappa shape index (κ3) is 14.1. The molecule has 386 valence electrons. The maximum absolute atomic E-state index is 11.8. The highest BCUT2D eigenvalue weighted by Crippen LogP contribution is 2.40. The number of hydrogen-bond acceptors (Lipinski definition) is 14. The van der Waals surface area contributed by atoms with Crippen LogP contribution in [-0.4, -0.2) is 133 Å². The number of aromatic nitrogens is 1. The van der Waals surface area contributed by atoms with Crippen LogP contribution in [0.2, 0.25) is 10.0 Å². The molecular weight excluding hydrogens is 972 g/mol. The summed E-state index contributed by atoms with van der Waals surface area (Å²) < 4.78 is 15.8. The molecule has 0 aliphatic carbocycles.